The van der Waals surface area contributed by atoms with Crippen molar-refractivity contribution in [3.63, 3.8) is 0 Å². The molecule has 0 radical (unpaired) electrons. The molecule has 6 heteroatoms. The Kier molecular flexibility index (Phi) is 5.24. The van der Waals surface area contributed by atoms with E-state index in [1.165, 1.54) is 15.5 Å². The largest absolute Gasteiger partial charge is 0.497 e. The molecule has 0 aliphatic carbocycles. The van der Waals surface area contributed by atoms with E-state index in [0.717, 1.165) is 11.3 Å². The highest BCUT2D eigenvalue weighted by atomic mass is 16.5. The average molecular weight is 387 g/mol. The highest BCUT2D eigenvalue weighted by Crippen LogP contribution is 2.18. The van der Waals surface area contributed by atoms with Crippen LogP contribution in [0, 0.1) is 6.92 Å². The summed E-state index contributed by atoms with van der Waals surface area (Å²) in [5, 5.41) is 6.69. The zero-order valence-corrected chi connectivity index (χ0v) is 16.3. The minimum absolute atomic E-state index is 0.158. The summed E-state index contributed by atoms with van der Waals surface area (Å²) in [6, 6.07) is 21.7. The Labute approximate surface area is 168 Å². The highest BCUT2D eigenvalue weighted by Gasteiger charge is 2.19. The molecule has 0 bridgehead atoms. The molecule has 29 heavy (non-hydrogen) atoms. The Morgan fingerprint density at radius 2 is 1.76 bits per heavy atom. The Balaban J connectivity index is 1.45. The number of hydrogen-bond acceptors (Lipinski definition) is 5. The fourth-order valence-electron chi connectivity index (χ4n) is 3.17. The summed E-state index contributed by atoms with van der Waals surface area (Å²) < 4.78 is 12.1. The van der Waals surface area contributed by atoms with Gasteiger partial charge < -0.3 is 9.47 Å². The molecule has 1 aromatic heterocycles. The number of carbonyl (C=O) groups is 1. The van der Waals surface area contributed by atoms with E-state index in [2.05, 4.69) is 40.4 Å². The second-order valence-corrected chi connectivity index (χ2v) is 6.66. The van der Waals surface area contributed by atoms with E-state index in [1.54, 1.807) is 26.2 Å². The molecule has 146 valence electrons. The minimum atomic E-state index is -0.498. The minimum Gasteiger partial charge on any atom is -0.497 e. The number of aryl methyl sites for hydroxylation is 1. The maximum atomic E-state index is 12.6. The Morgan fingerprint density at radius 1 is 1.00 bits per heavy atom. The molecule has 0 saturated carbocycles. The van der Waals surface area contributed by atoms with Crippen molar-refractivity contribution in [2.45, 2.75) is 13.3 Å². The zero-order valence-electron chi connectivity index (χ0n) is 16.3. The van der Waals surface area contributed by atoms with Crippen LogP contribution in [0.1, 0.15) is 22.0 Å². The smallest absolute Gasteiger partial charge is 0.376 e. The molecular weight excluding hydrogens is 366 g/mol. The van der Waals surface area contributed by atoms with Crippen molar-refractivity contribution < 1.29 is 14.3 Å². The van der Waals surface area contributed by atoms with Crippen LogP contribution in [0.4, 0.5) is 0 Å². The molecule has 0 atom stereocenters. The van der Waals surface area contributed by atoms with Gasteiger partial charge in [-0.05, 0) is 47.5 Å². The van der Waals surface area contributed by atoms with Gasteiger partial charge in [-0.1, -0.05) is 42.5 Å². The fraction of sp³-hybridized carbons (Fsp3) is 0.174. The van der Waals surface area contributed by atoms with E-state index in [4.69, 9.17) is 9.47 Å². The van der Waals surface area contributed by atoms with Crippen LogP contribution in [-0.2, 0) is 11.2 Å². The lowest BCUT2D eigenvalue weighted by atomic mass is 10.1. The van der Waals surface area contributed by atoms with Crippen molar-refractivity contribution in [2.75, 3.05) is 13.7 Å². The number of ether oxygens (including phenoxy) is 2. The lowest BCUT2D eigenvalue weighted by molar-refractivity contribution is 0.0491. The number of methoxy groups -OCH3 is 1. The molecule has 0 fully saturated rings. The fourth-order valence-corrected chi connectivity index (χ4v) is 3.17. The molecule has 0 amide bonds. The number of nitrogens with zero attached hydrogens (tertiary/aromatic N) is 3. The van der Waals surface area contributed by atoms with Crippen LogP contribution in [0.15, 0.2) is 66.7 Å². The van der Waals surface area contributed by atoms with Gasteiger partial charge in [0.15, 0.2) is 0 Å². The monoisotopic (exact) mass is 387 g/mol. The van der Waals surface area contributed by atoms with E-state index >= 15 is 0 Å². The highest BCUT2D eigenvalue weighted by molar-refractivity contribution is 5.86. The van der Waals surface area contributed by atoms with E-state index in [-0.39, 0.29) is 12.4 Å². The molecule has 4 aromatic rings. The van der Waals surface area contributed by atoms with Crippen molar-refractivity contribution >= 4 is 16.7 Å². The molecule has 1 heterocycles. The Bertz CT molecular complexity index is 1150. The number of benzene rings is 3. The predicted molar refractivity (Wildman–Crippen MR) is 111 cm³/mol. The number of esters is 1. The van der Waals surface area contributed by atoms with Crippen LogP contribution < -0.4 is 4.74 Å². The van der Waals surface area contributed by atoms with Crippen LogP contribution >= 0.6 is 0 Å². The van der Waals surface area contributed by atoms with Gasteiger partial charge in [-0.25, -0.2) is 14.5 Å². The summed E-state index contributed by atoms with van der Waals surface area (Å²) in [7, 11) is 1.60. The van der Waals surface area contributed by atoms with Gasteiger partial charge in [-0.2, -0.15) is 5.10 Å². The molecule has 3 aromatic carbocycles. The van der Waals surface area contributed by atoms with E-state index in [9.17, 15) is 4.79 Å². The average Bonchev–Trinajstić information content (AvgIpc) is 3.15. The number of hydrogen-bond donors (Lipinski definition) is 0. The third-order valence-corrected chi connectivity index (χ3v) is 4.65. The Hall–Kier alpha value is -3.67. The van der Waals surface area contributed by atoms with Crippen LogP contribution in [0.2, 0.25) is 0 Å². The van der Waals surface area contributed by atoms with Crippen molar-refractivity contribution in [1.82, 2.24) is 14.8 Å². The maximum Gasteiger partial charge on any atom is 0.376 e. The van der Waals surface area contributed by atoms with Crippen LogP contribution in [0.5, 0.6) is 5.75 Å². The summed E-state index contributed by atoms with van der Waals surface area (Å²) in [4.78, 5) is 16.8. The van der Waals surface area contributed by atoms with Gasteiger partial charge in [-0.3, -0.25) is 0 Å². The SMILES string of the molecule is COc1ccc(-n2nc(C)nc2C(=O)OCCc2ccc3ccccc3c2)cc1. The third-order valence-electron chi connectivity index (χ3n) is 4.65. The van der Waals surface area contributed by atoms with Gasteiger partial charge in [-0.15, -0.1) is 0 Å². The first kappa shape index (κ1) is 18.7. The van der Waals surface area contributed by atoms with Crippen LogP contribution in [0.3, 0.4) is 0 Å². The Morgan fingerprint density at radius 3 is 2.52 bits per heavy atom. The predicted octanol–water partition coefficient (Wildman–Crippen LogP) is 4.14. The summed E-state index contributed by atoms with van der Waals surface area (Å²) in [6.07, 6.45) is 0.631. The molecule has 0 aliphatic heterocycles. The number of aromatic nitrogens is 3. The topological polar surface area (TPSA) is 66.2 Å². The lowest BCUT2D eigenvalue weighted by Crippen LogP contribution is -2.15. The van der Waals surface area contributed by atoms with Crippen molar-refractivity contribution in [3.05, 3.63) is 83.9 Å². The van der Waals surface area contributed by atoms with E-state index in [1.807, 2.05) is 24.3 Å². The second-order valence-electron chi connectivity index (χ2n) is 6.66. The van der Waals surface area contributed by atoms with E-state index in [0.29, 0.717) is 17.9 Å². The molecule has 6 nitrogen and oxygen atoms in total. The number of carbonyl (C=O) groups excluding carboxylic acids is 1. The lowest BCUT2D eigenvalue weighted by Gasteiger charge is -2.08. The molecule has 0 spiro atoms. The molecule has 0 aliphatic rings. The quantitative estimate of drug-likeness (QED) is 0.465. The number of fused-ring (bicyclic) bond motifs is 1. The van der Waals surface area contributed by atoms with Crippen LogP contribution in [0.25, 0.3) is 16.5 Å². The maximum absolute atomic E-state index is 12.6. The first-order chi connectivity index (χ1) is 14.1. The number of rotatable bonds is 6. The van der Waals surface area contributed by atoms with Gasteiger partial charge in [0, 0.05) is 6.42 Å². The van der Waals surface area contributed by atoms with Crippen LogP contribution in [-0.4, -0.2) is 34.5 Å². The van der Waals surface area contributed by atoms with E-state index < -0.39 is 5.97 Å². The first-order valence-electron chi connectivity index (χ1n) is 9.37. The van der Waals surface area contributed by atoms with Gasteiger partial charge in [0.2, 0.25) is 5.82 Å². The first-order valence-corrected chi connectivity index (χ1v) is 9.37. The van der Waals surface area contributed by atoms with Crippen molar-refractivity contribution in [2.24, 2.45) is 0 Å². The van der Waals surface area contributed by atoms with Gasteiger partial charge in [0.05, 0.1) is 19.4 Å². The van der Waals surface area contributed by atoms with Gasteiger partial charge >= 0.3 is 5.97 Å². The van der Waals surface area contributed by atoms with Crippen molar-refractivity contribution in [1.29, 1.82) is 0 Å². The van der Waals surface area contributed by atoms with Gasteiger partial charge in [0.25, 0.3) is 0 Å². The molecule has 0 N–H and O–H groups in total. The normalized spacial score (nSPS) is 10.8. The summed E-state index contributed by atoms with van der Waals surface area (Å²) in [6.45, 7) is 2.01. The van der Waals surface area contributed by atoms with Crippen molar-refractivity contribution in [3.8, 4) is 11.4 Å². The second kappa shape index (κ2) is 8.14. The molecule has 4 rings (SSSR count). The zero-order chi connectivity index (χ0) is 20.2. The van der Waals surface area contributed by atoms with Gasteiger partial charge in [0.1, 0.15) is 11.6 Å². The summed E-state index contributed by atoms with van der Waals surface area (Å²) in [5.41, 5.74) is 1.83. The summed E-state index contributed by atoms with van der Waals surface area (Å²) in [5.74, 6) is 0.890. The standard InChI is InChI=1S/C23H21N3O3/c1-16-24-22(26(25-16)20-9-11-21(28-2)12-10-20)23(27)29-14-13-17-7-8-18-5-3-4-6-19(18)15-17/h3-12,15H,13-14H2,1-2H3. The molecule has 0 saturated heterocycles. The third kappa shape index (κ3) is 4.11. The molecule has 0 unspecified atom stereocenters. The summed E-state index contributed by atoms with van der Waals surface area (Å²) >= 11 is 0. The molecular formula is C23H21N3O3.